The highest BCUT2D eigenvalue weighted by molar-refractivity contribution is 5.43. The van der Waals surface area contributed by atoms with E-state index in [-0.39, 0.29) is 6.10 Å². The van der Waals surface area contributed by atoms with Gasteiger partial charge in [-0.2, -0.15) is 0 Å². The van der Waals surface area contributed by atoms with Crippen LogP contribution >= 0.6 is 0 Å². The molecule has 4 atom stereocenters. The van der Waals surface area contributed by atoms with Crippen molar-refractivity contribution in [2.45, 2.75) is 45.3 Å². The molecule has 1 aliphatic carbocycles. The lowest BCUT2D eigenvalue weighted by Crippen LogP contribution is -2.35. The molecule has 0 saturated carbocycles. The third-order valence-electron chi connectivity index (χ3n) is 4.66. The van der Waals surface area contributed by atoms with Gasteiger partial charge in [-0.1, -0.05) is 18.6 Å². The summed E-state index contributed by atoms with van der Waals surface area (Å²) in [6.07, 6.45) is 4.88. The zero-order valence-electron chi connectivity index (χ0n) is 13.0. The predicted octanol–water partition coefficient (Wildman–Crippen LogP) is 3.87. The lowest BCUT2D eigenvalue weighted by atomic mass is 9.78. The van der Waals surface area contributed by atoms with Crippen molar-refractivity contribution in [3.05, 3.63) is 35.4 Å². The summed E-state index contributed by atoms with van der Waals surface area (Å²) in [5.41, 5.74) is 2.29. The minimum Gasteiger partial charge on any atom is -0.497 e. The van der Waals surface area contributed by atoms with Crippen LogP contribution in [0.25, 0.3) is 0 Å². The number of methoxy groups -OCH3 is 1. The molecule has 0 saturated heterocycles. The molecule has 1 heterocycles. The number of hydrogen-bond acceptors (Lipinski definition) is 3. The second-order valence-electron chi connectivity index (χ2n) is 6.50. The zero-order valence-corrected chi connectivity index (χ0v) is 13.0. The first kappa shape index (κ1) is 14.5. The summed E-state index contributed by atoms with van der Waals surface area (Å²) < 4.78 is 11.4. The second kappa shape index (κ2) is 5.72. The van der Waals surface area contributed by atoms with E-state index in [1.54, 1.807) is 7.11 Å². The molecular formula is C18H24O3. The number of ether oxygens (including phenoxy) is 2. The number of benzene rings is 1. The third-order valence-corrected chi connectivity index (χ3v) is 4.66. The van der Waals surface area contributed by atoms with Crippen molar-refractivity contribution >= 4 is 0 Å². The van der Waals surface area contributed by atoms with Gasteiger partial charge in [0.1, 0.15) is 17.6 Å². The van der Waals surface area contributed by atoms with Crippen LogP contribution < -0.4 is 9.47 Å². The third kappa shape index (κ3) is 2.93. The van der Waals surface area contributed by atoms with Gasteiger partial charge in [-0.3, -0.25) is 0 Å². The molecule has 3 rings (SSSR count). The molecule has 21 heavy (non-hydrogen) atoms. The van der Waals surface area contributed by atoms with E-state index in [1.165, 1.54) is 5.57 Å². The minimum atomic E-state index is -0.463. The van der Waals surface area contributed by atoms with Crippen LogP contribution in [0, 0.1) is 11.8 Å². The lowest BCUT2D eigenvalue weighted by Gasteiger charge is -2.37. The number of aliphatic hydroxyl groups excluding tert-OH is 1. The van der Waals surface area contributed by atoms with E-state index in [0.717, 1.165) is 29.9 Å². The normalized spacial score (nSPS) is 31.9. The van der Waals surface area contributed by atoms with Gasteiger partial charge in [0.2, 0.25) is 0 Å². The van der Waals surface area contributed by atoms with E-state index in [9.17, 15) is 5.11 Å². The van der Waals surface area contributed by atoms with Gasteiger partial charge in [0, 0.05) is 17.9 Å². The first-order chi connectivity index (χ1) is 10.1. The molecule has 0 aromatic heterocycles. The molecule has 1 aromatic rings. The highest BCUT2D eigenvalue weighted by atomic mass is 16.5. The van der Waals surface area contributed by atoms with Crippen LogP contribution in [0.5, 0.6) is 11.5 Å². The van der Waals surface area contributed by atoms with Gasteiger partial charge in [-0.15, -0.1) is 0 Å². The summed E-state index contributed by atoms with van der Waals surface area (Å²) >= 11 is 0. The zero-order chi connectivity index (χ0) is 15.0. The van der Waals surface area contributed by atoms with E-state index in [2.05, 4.69) is 19.9 Å². The Morgan fingerprint density at radius 3 is 2.81 bits per heavy atom. The molecule has 114 valence electrons. The van der Waals surface area contributed by atoms with Crippen molar-refractivity contribution in [2.75, 3.05) is 7.11 Å². The molecule has 0 amide bonds. The molecule has 1 N–H and O–H groups in total. The fourth-order valence-corrected chi connectivity index (χ4v) is 3.75. The molecule has 0 fully saturated rings. The summed E-state index contributed by atoms with van der Waals surface area (Å²) in [7, 11) is 1.64. The molecule has 3 nitrogen and oxygen atoms in total. The average Bonchev–Trinajstić information content (AvgIpc) is 2.46. The highest BCUT2D eigenvalue weighted by Gasteiger charge is 2.34. The maximum absolute atomic E-state index is 10.5. The first-order valence-corrected chi connectivity index (χ1v) is 7.76. The largest absolute Gasteiger partial charge is 0.497 e. The Kier molecular flexibility index (Phi) is 3.94. The Balaban J connectivity index is 1.80. The van der Waals surface area contributed by atoms with Crippen molar-refractivity contribution in [1.29, 1.82) is 0 Å². The average molecular weight is 288 g/mol. The maximum Gasteiger partial charge on any atom is 0.125 e. The van der Waals surface area contributed by atoms with Crippen molar-refractivity contribution in [3.63, 3.8) is 0 Å². The molecule has 0 radical (unpaired) electrons. The van der Waals surface area contributed by atoms with Crippen molar-refractivity contribution in [3.8, 4) is 11.5 Å². The van der Waals surface area contributed by atoms with Gasteiger partial charge >= 0.3 is 0 Å². The number of aliphatic hydroxyl groups is 1. The molecule has 3 heteroatoms. The summed E-state index contributed by atoms with van der Waals surface area (Å²) in [6.45, 7) is 4.45. The van der Waals surface area contributed by atoms with Crippen molar-refractivity contribution in [2.24, 2.45) is 11.8 Å². The molecular weight excluding hydrogens is 264 g/mol. The molecule has 1 aromatic carbocycles. The van der Waals surface area contributed by atoms with Crippen LogP contribution in [0.15, 0.2) is 29.8 Å². The standard InChI is InChI=1S/C18H24O3/c1-11-6-12(2)8-13(7-11)18-10-16(19)15-9-14(20-3)4-5-17(15)21-18/h4-6,9,11,13,16,18-19H,7-8,10H2,1-3H3/t11?,13?,16-,18?/m0/s1. The molecule has 2 aliphatic rings. The topological polar surface area (TPSA) is 38.7 Å². The van der Waals surface area contributed by atoms with Crippen LogP contribution in [0.4, 0.5) is 0 Å². The SMILES string of the molecule is COc1ccc2c(c1)[C@@H](O)CC(C1CC(C)=CC(C)C1)O2. The van der Waals surface area contributed by atoms with Crippen LogP contribution in [0.2, 0.25) is 0 Å². The summed E-state index contributed by atoms with van der Waals surface area (Å²) in [5, 5.41) is 10.5. The number of hydrogen-bond donors (Lipinski definition) is 1. The van der Waals surface area contributed by atoms with Gasteiger partial charge in [-0.25, -0.2) is 0 Å². The fraction of sp³-hybridized carbons (Fsp3) is 0.556. The van der Waals surface area contributed by atoms with Crippen LogP contribution in [-0.4, -0.2) is 18.3 Å². The quantitative estimate of drug-likeness (QED) is 0.840. The molecule has 0 spiro atoms. The molecule has 3 unspecified atom stereocenters. The Morgan fingerprint density at radius 2 is 2.10 bits per heavy atom. The maximum atomic E-state index is 10.5. The van der Waals surface area contributed by atoms with E-state index in [1.807, 2.05) is 18.2 Å². The smallest absolute Gasteiger partial charge is 0.125 e. The van der Waals surface area contributed by atoms with Gasteiger partial charge in [0.25, 0.3) is 0 Å². The van der Waals surface area contributed by atoms with E-state index >= 15 is 0 Å². The summed E-state index contributed by atoms with van der Waals surface area (Å²) in [4.78, 5) is 0. The Hall–Kier alpha value is -1.48. The first-order valence-electron chi connectivity index (χ1n) is 7.76. The summed E-state index contributed by atoms with van der Waals surface area (Å²) in [5.74, 6) is 2.66. The van der Waals surface area contributed by atoms with Crippen LogP contribution in [0.3, 0.4) is 0 Å². The van der Waals surface area contributed by atoms with Gasteiger partial charge < -0.3 is 14.6 Å². The highest BCUT2D eigenvalue weighted by Crippen LogP contribution is 2.42. The Labute approximate surface area is 126 Å². The van der Waals surface area contributed by atoms with E-state index < -0.39 is 6.10 Å². The second-order valence-corrected chi connectivity index (χ2v) is 6.50. The molecule has 0 bridgehead atoms. The van der Waals surface area contributed by atoms with Gasteiger partial charge in [0.15, 0.2) is 0 Å². The summed E-state index contributed by atoms with van der Waals surface area (Å²) in [6, 6.07) is 5.69. The van der Waals surface area contributed by atoms with Crippen molar-refractivity contribution < 1.29 is 14.6 Å². The van der Waals surface area contributed by atoms with Gasteiger partial charge in [0.05, 0.1) is 13.2 Å². The monoisotopic (exact) mass is 288 g/mol. The van der Waals surface area contributed by atoms with E-state index in [4.69, 9.17) is 9.47 Å². The molecule has 1 aliphatic heterocycles. The fourth-order valence-electron chi connectivity index (χ4n) is 3.75. The number of allylic oxidation sites excluding steroid dienone is 2. The number of rotatable bonds is 2. The Morgan fingerprint density at radius 1 is 1.29 bits per heavy atom. The van der Waals surface area contributed by atoms with Crippen molar-refractivity contribution in [1.82, 2.24) is 0 Å². The predicted molar refractivity (Wildman–Crippen MR) is 82.6 cm³/mol. The minimum absolute atomic E-state index is 0.104. The van der Waals surface area contributed by atoms with Crippen LogP contribution in [0.1, 0.15) is 44.8 Å². The van der Waals surface area contributed by atoms with Gasteiger partial charge in [-0.05, 0) is 43.9 Å². The number of fused-ring (bicyclic) bond motifs is 1. The van der Waals surface area contributed by atoms with Crippen LogP contribution in [-0.2, 0) is 0 Å². The van der Waals surface area contributed by atoms with E-state index in [0.29, 0.717) is 18.3 Å². The Bertz CT molecular complexity index is 549. The lowest BCUT2D eigenvalue weighted by molar-refractivity contribution is 0.0271.